The summed E-state index contributed by atoms with van der Waals surface area (Å²) < 4.78 is 0. The molecule has 0 fully saturated rings. The van der Waals surface area contributed by atoms with Gasteiger partial charge in [0.25, 0.3) is 0 Å². The van der Waals surface area contributed by atoms with E-state index in [1.165, 1.54) is 55.2 Å². The minimum atomic E-state index is 1.11. The van der Waals surface area contributed by atoms with E-state index in [0.29, 0.717) is 0 Å². The number of nitrogens with one attached hydrogen (secondary N) is 1. The molecular formula is C30H23N. The number of H-pyrrole nitrogens is 1. The molecule has 0 spiro atoms. The van der Waals surface area contributed by atoms with E-state index in [2.05, 4.69) is 114 Å². The second kappa shape index (κ2) is 7.45. The molecule has 1 aliphatic rings. The number of benzene rings is 4. The van der Waals surface area contributed by atoms with Crippen molar-refractivity contribution in [3.05, 3.63) is 115 Å². The molecule has 0 aliphatic heterocycles. The second-order valence-corrected chi connectivity index (χ2v) is 8.20. The Hall–Kier alpha value is -3.84. The van der Waals surface area contributed by atoms with Crippen molar-refractivity contribution in [3.8, 4) is 22.3 Å². The van der Waals surface area contributed by atoms with E-state index in [-0.39, 0.29) is 0 Å². The van der Waals surface area contributed by atoms with Crippen molar-refractivity contribution < 1.29 is 0 Å². The highest BCUT2D eigenvalue weighted by molar-refractivity contribution is 6.13. The van der Waals surface area contributed by atoms with Crippen LogP contribution < -0.4 is 0 Å². The molecule has 1 heteroatoms. The maximum atomic E-state index is 3.75. The molecule has 1 aromatic heterocycles. The number of hydrogen-bond acceptors (Lipinski definition) is 0. The fourth-order valence-corrected chi connectivity index (χ4v) is 4.66. The third kappa shape index (κ3) is 3.19. The lowest BCUT2D eigenvalue weighted by molar-refractivity contribution is 1.04. The molecule has 5 aromatic rings. The van der Waals surface area contributed by atoms with Crippen LogP contribution in [-0.2, 0) is 0 Å². The molecule has 148 valence electrons. The molecule has 1 heterocycles. The normalized spacial score (nSPS) is 13.6. The lowest BCUT2D eigenvalue weighted by atomic mass is 9.93. The predicted molar refractivity (Wildman–Crippen MR) is 133 cm³/mol. The van der Waals surface area contributed by atoms with Gasteiger partial charge in [0.15, 0.2) is 0 Å². The molecule has 0 radical (unpaired) electrons. The summed E-state index contributed by atoms with van der Waals surface area (Å²) in [6, 6.07) is 32.8. The van der Waals surface area contributed by atoms with Crippen molar-refractivity contribution in [1.29, 1.82) is 0 Å². The average Bonchev–Trinajstić information content (AvgIpc) is 3.23. The molecule has 1 N–H and O–H groups in total. The van der Waals surface area contributed by atoms with Crippen LogP contribution in [0.2, 0.25) is 0 Å². The maximum Gasteiger partial charge on any atom is 0.0544 e. The zero-order valence-corrected chi connectivity index (χ0v) is 17.3. The van der Waals surface area contributed by atoms with Crippen molar-refractivity contribution >= 4 is 27.4 Å². The Balaban J connectivity index is 1.62. The van der Waals surface area contributed by atoms with Crippen molar-refractivity contribution in [1.82, 2.24) is 4.98 Å². The average molecular weight is 398 g/mol. The molecule has 6 rings (SSSR count). The van der Waals surface area contributed by atoms with E-state index in [4.69, 9.17) is 0 Å². The number of rotatable bonds is 3. The number of aromatic amines is 1. The highest BCUT2D eigenvalue weighted by Gasteiger charge is 2.14. The highest BCUT2D eigenvalue weighted by Crippen LogP contribution is 2.38. The smallest absolute Gasteiger partial charge is 0.0544 e. The van der Waals surface area contributed by atoms with Gasteiger partial charge < -0.3 is 4.98 Å². The summed E-state index contributed by atoms with van der Waals surface area (Å²) in [4.78, 5) is 3.75. The summed E-state index contributed by atoms with van der Waals surface area (Å²) in [7, 11) is 0. The van der Waals surface area contributed by atoms with Crippen molar-refractivity contribution in [2.75, 3.05) is 0 Å². The topological polar surface area (TPSA) is 15.8 Å². The SMILES string of the molecule is C1=CC(c2cc(-c3ccccc3)c3[nH]c4cc(-c5ccccc5)ccc4c3c2)=CCC1. The first kappa shape index (κ1) is 18.0. The number of fused-ring (bicyclic) bond motifs is 3. The number of allylic oxidation sites excluding steroid dienone is 4. The van der Waals surface area contributed by atoms with Gasteiger partial charge in [0, 0.05) is 21.9 Å². The molecule has 1 aliphatic carbocycles. The Kier molecular flexibility index (Phi) is 4.32. The largest absolute Gasteiger partial charge is 0.354 e. The fraction of sp³-hybridized carbons (Fsp3) is 0.0667. The zero-order valence-electron chi connectivity index (χ0n) is 17.3. The van der Waals surface area contributed by atoms with Crippen LogP contribution in [0.15, 0.2) is 109 Å². The zero-order chi connectivity index (χ0) is 20.6. The third-order valence-electron chi connectivity index (χ3n) is 6.23. The monoisotopic (exact) mass is 397 g/mol. The van der Waals surface area contributed by atoms with E-state index >= 15 is 0 Å². The molecule has 0 saturated heterocycles. The Morgan fingerprint density at radius 1 is 0.581 bits per heavy atom. The second-order valence-electron chi connectivity index (χ2n) is 8.20. The standard InChI is InChI=1S/C30H23N/c1-4-10-21(11-5-1)24-16-17-26-28-19-25(22-12-6-2-7-13-22)18-27(23-14-8-3-9-15-23)30(28)31-29(26)20-24/h1,3-6,8-20,31H,2,7H2. The summed E-state index contributed by atoms with van der Waals surface area (Å²) in [6.07, 6.45) is 9.15. The van der Waals surface area contributed by atoms with Gasteiger partial charge in [-0.05, 0) is 58.9 Å². The van der Waals surface area contributed by atoms with Gasteiger partial charge in [0.2, 0.25) is 0 Å². The fourth-order valence-electron chi connectivity index (χ4n) is 4.66. The predicted octanol–water partition coefficient (Wildman–Crippen LogP) is 8.39. The highest BCUT2D eigenvalue weighted by atomic mass is 14.7. The Bertz CT molecular complexity index is 1450. The Labute approximate surface area is 182 Å². The van der Waals surface area contributed by atoms with E-state index in [1.54, 1.807) is 0 Å². The Morgan fingerprint density at radius 2 is 1.35 bits per heavy atom. The lowest BCUT2D eigenvalue weighted by Gasteiger charge is -2.11. The molecule has 1 nitrogen and oxygen atoms in total. The minimum Gasteiger partial charge on any atom is -0.354 e. The summed E-state index contributed by atoms with van der Waals surface area (Å²) >= 11 is 0. The van der Waals surface area contributed by atoms with Crippen LogP contribution in [0, 0.1) is 0 Å². The van der Waals surface area contributed by atoms with E-state index in [1.807, 2.05) is 0 Å². The first-order valence-electron chi connectivity index (χ1n) is 10.9. The summed E-state index contributed by atoms with van der Waals surface area (Å²) in [5.74, 6) is 0. The van der Waals surface area contributed by atoms with Gasteiger partial charge in [-0.1, -0.05) is 91.0 Å². The van der Waals surface area contributed by atoms with Crippen LogP contribution in [0.1, 0.15) is 18.4 Å². The van der Waals surface area contributed by atoms with Crippen molar-refractivity contribution in [3.63, 3.8) is 0 Å². The van der Waals surface area contributed by atoms with Gasteiger partial charge in [0.05, 0.1) is 5.52 Å². The van der Waals surface area contributed by atoms with Crippen LogP contribution in [0.4, 0.5) is 0 Å². The van der Waals surface area contributed by atoms with Crippen LogP contribution in [0.25, 0.3) is 49.6 Å². The lowest BCUT2D eigenvalue weighted by Crippen LogP contribution is -1.89. The molecule has 31 heavy (non-hydrogen) atoms. The first-order chi connectivity index (χ1) is 15.4. The molecule has 0 atom stereocenters. The van der Waals surface area contributed by atoms with Crippen LogP contribution >= 0.6 is 0 Å². The third-order valence-corrected chi connectivity index (χ3v) is 6.23. The van der Waals surface area contributed by atoms with Crippen molar-refractivity contribution in [2.45, 2.75) is 12.8 Å². The van der Waals surface area contributed by atoms with Crippen LogP contribution in [0.5, 0.6) is 0 Å². The molecular weight excluding hydrogens is 374 g/mol. The van der Waals surface area contributed by atoms with Gasteiger partial charge in [-0.2, -0.15) is 0 Å². The van der Waals surface area contributed by atoms with Gasteiger partial charge in [-0.15, -0.1) is 0 Å². The molecule has 0 saturated carbocycles. The van der Waals surface area contributed by atoms with Gasteiger partial charge in [-0.3, -0.25) is 0 Å². The number of hydrogen-bond donors (Lipinski definition) is 1. The van der Waals surface area contributed by atoms with Gasteiger partial charge in [-0.25, -0.2) is 0 Å². The number of aromatic nitrogens is 1. The first-order valence-corrected chi connectivity index (χ1v) is 10.9. The van der Waals surface area contributed by atoms with E-state index < -0.39 is 0 Å². The molecule has 0 bridgehead atoms. The molecule has 0 amide bonds. The summed E-state index contributed by atoms with van der Waals surface area (Å²) in [6.45, 7) is 0. The minimum absolute atomic E-state index is 1.11. The molecule has 0 unspecified atom stereocenters. The quantitative estimate of drug-likeness (QED) is 0.315. The van der Waals surface area contributed by atoms with Crippen LogP contribution in [-0.4, -0.2) is 4.98 Å². The summed E-state index contributed by atoms with van der Waals surface area (Å²) in [5.41, 5.74) is 9.96. The van der Waals surface area contributed by atoms with E-state index in [0.717, 1.165) is 12.8 Å². The van der Waals surface area contributed by atoms with Gasteiger partial charge in [0.1, 0.15) is 0 Å². The molecule has 4 aromatic carbocycles. The van der Waals surface area contributed by atoms with Gasteiger partial charge >= 0.3 is 0 Å². The van der Waals surface area contributed by atoms with Crippen LogP contribution in [0.3, 0.4) is 0 Å². The Morgan fingerprint density at radius 3 is 2.10 bits per heavy atom. The maximum absolute atomic E-state index is 3.75. The van der Waals surface area contributed by atoms with Crippen molar-refractivity contribution in [2.24, 2.45) is 0 Å². The summed E-state index contributed by atoms with van der Waals surface area (Å²) in [5, 5.41) is 2.56. The van der Waals surface area contributed by atoms with E-state index in [9.17, 15) is 0 Å².